The van der Waals surface area contributed by atoms with E-state index in [1.165, 1.54) is 0 Å². The fraction of sp³-hybridized carbons (Fsp3) is 0.529. The summed E-state index contributed by atoms with van der Waals surface area (Å²) in [7, 11) is -6.12. The predicted molar refractivity (Wildman–Crippen MR) is 106 cm³/mol. The molecule has 0 saturated heterocycles. The standard InChI is InChI=1S/C17H29NO7P2/c1-14(15-8-4-5-9-16(15)25-3)11-13-18(2)12-7-6-10-17(26(19,20)21)27(22,23)24/h4-5,8-9,11,17H,6-7,10,12-13H2,1-3H3,(H2,19,20,21)(H2,22,23,24)/b14-11+. The summed E-state index contributed by atoms with van der Waals surface area (Å²) in [5, 5.41) is -1.91. The molecule has 0 radical (unpaired) electrons. The first-order valence-electron chi connectivity index (χ1n) is 8.56. The fourth-order valence-electron chi connectivity index (χ4n) is 2.71. The molecule has 154 valence electrons. The van der Waals surface area contributed by atoms with Gasteiger partial charge in [0.1, 0.15) is 5.75 Å². The van der Waals surface area contributed by atoms with E-state index in [2.05, 4.69) is 6.08 Å². The highest BCUT2D eigenvalue weighted by Crippen LogP contribution is 2.61. The van der Waals surface area contributed by atoms with Crippen molar-refractivity contribution in [2.24, 2.45) is 0 Å². The predicted octanol–water partition coefficient (Wildman–Crippen LogP) is 2.88. The van der Waals surface area contributed by atoms with Crippen molar-refractivity contribution < 1.29 is 33.4 Å². The van der Waals surface area contributed by atoms with Gasteiger partial charge >= 0.3 is 15.2 Å². The van der Waals surface area contributed by atoms with Crippen molar-refractivity contribution in [3.63, 3.8) is 0 Å². The monoisotopic (exact) mass is 421 g/mol. The molecule has 8 nitrogen and oxygen atoms in total. The molecule has 1 rings (SSSR count). The summed E-state index contributed by atoms with van der Waals surface area (Å²) in [6.45, 7) is 3.31. The van der Waals surface area contributed by atoms with Crippen LogP contribution in [0.5, 0.6) is 5.75 Å². The Labute approximate surface area is 160 Å². The summed E-state index contributed by atoms with van der Waals surface area (Å²) >= 11 is 0. The van der Waals surface area contributed by atoms with Crippen molar-refractivity contribution >= 4 is 20.8 Å². The summed E-state index contributed by atoms with van der Waals surface area (Å²) in [5.41, 5.74) is 2.09. The molecule has 0 aromatic heterocycles. The molecule has 0 spiro atoms. The summed E-state index contributed by atoms with van der Waals surface area (Å²) in [4.78, 5) is 38.5. The zero-order chi connectivity index (χ0) is 20.7. The summed E-state index contributed by atoms with van der Waals surface area (Å²) < 4.78 is 27.8. The van der Waals surface area contributed by atoms with Crippen LogP contribution >= 0.6 is 15.2 Å². The highest BCUT2D eigenvalue weighted by Gasteiger charge is 2.42. The molecule has 1 aromatic rings. The lowest BCUT2D eigenvalue weighted by molar-refractivity contribution is 0.328. The number of unbranched alkanes of at least 4 members (excludes halogenated alkanes) is 1. The molecule has 0 atom stereocenters. The topological polar surface area (TPSA) is 128 Å². The van der Waals surface area contributed by atoms with E-state index in [9.17, 15) is 9.13 Å². The van der Waals surface area contributed by atoms with Gasteiger partial charge < -0.3 is 29.2 Å². The van der Waals surface area contributed by atoms with E-state index in [0.717, 1.165) is 16.9 Å². The van der Waals surface area contributed by atoms with E-state index >= 15 is 0 Å². The number of hydrogen-bond acceptors (Lipinski definition) is 4. The molecule has 0 aliphatic rings. The molecule has 0 fully saturated rings. The zero-order valence-electron chi connectivity index (χ0n) is 15.9. The van der Waals surface area contributed by atoms with Gasteiger partial charge in [0.25, 0.3) is 0 Å². The molecule has 1 aromatic carbocycles. The number of allylic oxidation sites excluding steroid dienone is 1. The third kappa shape index (κ3) is 8.28. The first-order valence-corrected chi connectivity index (χ1v) is 11.9. The molecule has 0 amide bonds. The second kappa shape index (κ2) is 10.5. The van der Waals surface area contributed by atoms with Gasteiger partial charge in [-0.15, -0.1) is 0 Å². The molecule has 4 N–H and O–H groups in total. The maximum absolute atomic E-state index is 11.2. The van der Waals surface area contributed by atoms with Gasteiger partial charge in [0.2, 0.25) is 0 Å². The lowest BCUT2D eigenvalue weighted by atomic mass is 10.1. The van der Waals surface area contributed by atoms with E-state index in [4.69, 9.17) is 24.3 Å². The molecule has 0 unspecified atom stereocenters. The summed E-state index contributed by atoms with van der Waals surface area (Å²) in [6, 6.07) is 7.73. The van der Waals surface area contributed by atoms with Gasteiger partial charge in [0.15, 0.2) is 5.40 Å². The summed E-state index contributed by atoms with van der Waals surface area (Å²) in [6.07, 6.45) is 2.75. The lowest BCUT2D eigenvalue weighted by Crippen LogP contribution is -2.20. The number of hydrogen-bond donors (Lipinski definition) is 4. The van der Waals surface area contributed by atoms with Gasteiger partial charge in [-0.2, -0.15) is 0 Å². The zero-order valence-corrected chi connectivity index (χ0v) is 17.6. The minimum atomic E-state index is -4.83. The number of methoxy groups -OCH3 is 1. The number of benzene rings is 1. The largest absolute Gasteiger partial charge is 0.496 e. The Morgan fingerprint density at radius 2 is 1.74 bits per heavy atom. The van der Waals surface area contributed by atoms with Crippen molar-refractivity contribution in [1.29, 1.82) is 0 Å². The Morgan fingerprint density at radius 1 is 1.15 bits per heavy atom. The first-order chi connectivity index (χ1) is 12.5. The van der Waals surface area contributed by atoms with Crippen molar-refractivity contribution in [2.75, 3.05) is 27.2 Å². The average Bonchev–Trinajstić information content (AvgIpc) is 2.57. The second-order valence-corrected chi connectivity index (χ2v) is 10.5. The van der Waals surface area contributed by atoms with Crippen LogP contribution in [0.2, 0.25) is 0 Å². The third-order valence-corrected chi connectivity index (χ3v) is 8.14. The van der Waals surface area contributed by atoms with E-state index < -0.39 is 20.6 Å². The van der Waals surface area contributed by atoms with Crippen LogP contribution in [0.1, 0.15) is 31.7 Å². The van der Waals surface area contributed by atoms with Gasteiger partial charge in [-0.05, 0) is 45.0 Å². The quantitative estimate of drug-likeness (QED) is 0.317. The molecule has 27 heavy (non-hydrogen) atoms. The van der Waals surface area contributed by atoms with Crippen LogP contribution in [0.25, 0.3) is 5.57 Å². The van der Waals surface area contributed by atoms with Crippen molar-refractivity contribution in [3.05, 3.63) is 35.9 Å². The molecule has 0 heterocycles. The van der Waals surface area contributed by atoms with Crippen molar-refractivity contribution in [1.82, 2.24) is 4.90 Å². The minimum Gasteiger partial charge on any atom is -0.496 e. The maximum Gasteiger partial charge on any atom is 0.340 e. The van der Waals surface area contributed by atoms with E-state index in [1.807, 2.05) is 43.1 Å². The van der Waals surface area contributed by atoms with Gasteiger partial charge in [0.05, 0.1) is 7.11 Å². The number of para-hydroxylation sites is 1. The van der Waals surface area contributed by atoms with Crippen LogP contribution in [-0.4, -0.2) is 57.1 Å². The Balaban J connectivity index is 2.50. The Bertz CT molecular complexity index is 704. The van der Waals surface area contributed by atoms with Crippen molar-refractivity contribution in [2.45, 2.75) is 31.6 Å². The highest BCUT2D eigenvalue weighted by atomic mass is 31.2. The maximum atomic E-state index is 11.2. The Kier molecular flexibility index (Phi) is 9.39. The fourth-order valence-corrected chi connectivity index (χ4v) is 5.31. The second-order valence-electron chi connectivity index (χ2n) is 6.50. The van der Waals surface area contributed by atoms with Crippen LogP contribution in [0.4, 0.5) is 0 Å². The summed E-state index contributed by atoms with van der Waals surface area (Å²) in [5.74, 6) is 0.801. The smallest absolute Gasteiger partial charge is 0.340 e. The Morgan fingerprint density at radius 3 is 2.30 bits per heavy atom. The molecule has 10 heteroatoms. The van der Waals surface area contributed by atoms with Crippen LogP contribution in [0.15, 0.2) is 30.3 Å². The number of likely N-dealkylation sites (N-methyl/N-ethyl adjacent to an activating group) is 1. The van der Waals surface area contributed by atoms with Crippen LogP contribution < -0.4 is 4.74 Å². The average molecular weight is 421 g/mol. The third-order valence-electron chi connectivity index (χ3n) is 4.27. The van der Waals surface area contributed by atoms with Crippen LogP contribution in [0.3, 0.4) is 0 Å². The molecule has 0 aliphatic heterocycles. The Hall–Kier alpha value is -0.980. The molecule has 0 saturated carbocycles. The van der Waals surface area contributed by atoms with E-state index in [0.29, 0.717) is 25.9 Å². The molecule has 0 bridgehead atoms. The number of ether oxygens (including phenoxy) is 1. The molecular weight excluding hydrogens is 392 g/mol. The number of nitrogens with zero attached hydrogens (tertiary/aromatic N) is 1. The number of rotatable bonds is 11. The van der Waals surface area contributed by atoms with E-state index in [1.54, 1.807) is 7.11 Å². The SMILES string of the molecule is COc1ccccc1/C(C)=C/CN(C)CCCCC(P(=O)(O)O)P(=O)(O)O. The minimum absolute atomic E-state index is 0.210. The first kappa shape index (κ1) is 24.1. The molecule has 0 aliphatic carbocycles. The van der Waals surface area contributed by atoms with Gasteiger partial charge in [-0.1, -0.05) is 30.7 Å². The van der Waals surface area contributed by atoms with Gasteiger partial charge in [-0.25, -0.2) is 0 Å². The molecular formula is C17H29NO7P2. The van der Waals surface area contributed by atoms with Crippen molar-refractivity contribution in [3.8, 4) is 5.75 Å². The van der Waals surface area contributed by atoms with Gasteiger partial charge in [-0.3, -0.25) is 9.13 Å². The van der Waals surface area contributed by atoms with Gasteiger partial charge in [0, 0.05) is 12.1 Å². The van der Waals surface area contributed by atoms with Crippen LogP contribution in [0, 0.1) is 0 Å². The van der Waals surface area contributed by atoms with Crippen LogP contribution in [-0.2, 0) is 9.13 Å². The van der Waals surface area contributed by atoms with E-state index in [-0.39, 0.29) is 6.42 Å². The normalized spacial score (nSPS) is 13.4. The lowest BCUT2D eigenvalue weighted by Gasteiger charge is -2.20. The highest BCUT2D eigenvalue weighted by molar-refractivity contribution is 7.70.